The Labute approximate surface area is 125 Å². The number of hydrogen-bond donors (Lipinski definition) is 2. The first-order valence-corrected chi connectivity index (χ1v) is 7.73. The topological polar surface area (TPSA) is 41.1 Å². The second-order valence-electron chi connectivity index (χ2n) is 4.23. The van der Waals surface area contributed by atoms with Crippen LogP contribution in [0.4, 0.5) is 10.1 Å². The summed E-state index contributed by atoms with van der Waals surface area (Å²) in [6.07, 6.45) is 0.375. The van der Waals surface area contributed by atoms with Gasteiger partial charge >= 0.3 is 0 Å². The lowest BCUT2D eigenvalue weighted by atomic mass is 10.2. The lowest BCUT2D eigenvalue weighted by molar-refractivity contribution is -0.116. The zero-order valence-corrected chi connectivity index (χ0v) is 12.3. The fraction of sp³-hybridized carbons (Fsp3) is 0.417. The van der Waals surface area contributed by atoms with Crippen LogP contribution >= 0.6 is 35.0 Å². The summed E-state index contributed by atoms with van der Waals surface area (Å²) in [4.78, 5) is 11.8. The normalized spacial score (nSPS) is 19.2. The summed E-state index contributed by atoms with van der Waals surface area (Å²) < 4.78 is 13.2. The van der Waals surface area contributed by atoms with Crippen LogP contribution in [0, 0.1) is 5.82 Å². The maximum absolute atomic E-state index is 13.2. The van der Waals surface area contributed by atoms with E-state index in [9.17, 15) is 9.18 Å². The van der Waals surface area contributed by atoms with Crippen LogP contribution in [0.15, 0.2) is 12.1 Å². The van der Waals surface area contributed by atoms with E-state index < -0.39 is 5.82 Å². The molecule has 0 aromatic heterocycles. The molecule has 1 aliphatic rings. The van der Waals surface area contributed by atoms with Crippen molar-refractivity contribution in [1.82, 2.24) is 5.32 Å². The van der Waals surface area contributed by atoms with Gasteiger partial charge in [0, 0.05) is 36.2 Å². The average Bonchev–Trinajstić information content (AvgIpc) is 2.37. The van der Waals surface area contributed by atoms with Crippen molar-refractivity contribution in [2.24, 2.45) is 0 Å². The van der Waals surface area contributed by atoms with Crippen molar-refractivity contribution in [2.75, 3.05) is 23.4 Å². The second-order valence-corrected chi connectivity index (χ2v) is 6.20. The summed E-state index contributed by atoms with van der Waals surface area (Å²) in [5.74, 6) is 1.17. The van der Waals surface area contributed by atoms with Crippen molar-refractivity contribution in [3.63, 3.8) is 0 Å². The number of rotatable bonds is 3. The summed E-state index contributed by atoms with van der Waals surface area (Å²) in [6, 6.07) is 2.87. The van der Waals surface area contributed by atoms with Crippen molar-refractivity contribution >= 4 is 46.6 Å². The number of anilines is 1. The molecule has 0 aliphatic carbocycles. The highest BCUT2D eigenvalue weighted by Gasteiger charge is 2.17. The molecule has 1 aromatic carbocycles. The monoisotopic (exact) mass is 322 g/mol. The van der Waals surface area contributed by atoms with Gasteiger partial charge in [-0.1, -0.05) is 23.2 Å². The van der Waals surface area contributed by atoms with E-state index in [1.54, 1.807) is 0 Å². The number of carbonyl (C=O) groups is 1. The lowest BCUT2D eigenvalue weighted by Crippen LogP contribution is -2.39. The zero-order valence-electron chi connectivity index (χ0n) is 10.0. The van der Waals surface area contributed by atoms with E-state index in [0.29, 0.717) is 12.1 Å². The molecule has 0 bridgehead atoms. The van der Waals surface area contributed by atoms with E-state index in [0.717, 1.165) is 18.1 Å². The predicted molar refractivity (Wildman–Crippen MR) is 78.8 cm³/mol. The van der Waals surface area contributed by atoms with Crippen LogP contribution in [0.2, 0.25) is 10.0 Å². The second kappa shape index (κ2) is 6.79. The van der Waals surface area contributed by atoms with E-state index >= 15 is 0 Å². The molecule has 3 nitrogen and oxygen atoms in total. The van der Waals surface area contributed by atoms with Gasteiger partial charge in [0.2, 0.25) is 5.91 Å². The molecule has 1 saturated heterocycles. The smallest absolute Gasteiger partial charge is 0.225 e. The lowest BCUT2D eigenvalue weighted by Gasteiger charge is -2.22. The summed E-state index contributed by atoms with van der Waals surface area (Å²) in [5, 5.41) is 5.74. The minimum atomic E-state index is -0.674. The van der Waals surface area contributed by atoms with Crippen molar-refractivity contribution in [3.05, 3.63) is 28.0 Å². The van der Waals surface area contributed by atoms with Gasteiger partial charge in [-0.3, -0.25) is 4.79 Å². The maximum Gasteiger partial charge on any atom is 0.225 e. The van der Waals surface area contributed by atoms with Crippen LogP contribution in [0.1, 0.15) is 6.42 Å². The Morgan fingerprint density at radius 3 is 2.74 bits per heavy atom. The summed E-state index contributed by atoms with van der Waals surface area (Å²) in [6.45, 7) is 0.914. The molecule has 0 radical (unpaired) electrons. The molecule has 1 fully saturated rings. The fourth-order valence-electron chi connectivity index (χ4n) is 1.81. The molecule has 1 aliphatic heterocycles. The molecule has 1 heterocycles. The SMILES string of the molecule is O=C(CC1CSCCN1)Nc1cc(Cl)c(F)c(Cl)c1. The van der Waals surface area contributed by atoms with E-state index in [1.807, 2.05) is 11.8 Å². The van der Waals surface area contributed by atoms with Crippen molar-refractivity contribution in [3.8, 4) is 0 Å². The van der Waals surface area contributed by atoms with Gasteiger partial charge in [-0.2, -0.15) is 11.8 Å². The van der Waals surface area contributed by atoms with Crippen LogP contribution in [0.25, 0.3) is 0 Å². The minimum Gasteiger partial charge on any atom is -0.326 e. The Hall–Kier alpha value is -0.490. The average molecular weight is 323 g/mol. The number of nitrogens with one attached hydrogen (secondary N) is 2. The van der Waals surface area contributed by atoms with Crippen molar-refractivity contribution < 1.29 is 9.18 Å². The molecule has 19 heavy (non-hydrogen) atoms. The van der Waals surface area contributed by atoms with Gasteiger partial charge < -0.3 is 10.6 Å². The molecular formula is C12H13Cl2FN2OS. The Morgan fingerprint density at radius 1 is 1.47 bits per heavy atom. The first-order valence-electron chi connectivity index (χ1n) is 5.82. The molecule has 2 N–H and O–H groups in total. The Morgan fingerprint density at radius 2 is 2.16 bits per heavy atom. The Balaban J connectivity index is 1.94. The third-order valence-electron chi connectivity index (χ3n) is 2.70. The number of halogens is 3. The molecule has 0 saturated carbocycles. The summed E-state index contributed by atoms with van der Waals surface area (Å²) in [5.41, 5.74) is 0.407. The fourth-order valence-corrected chi connectivity index (χ4v) is 3.25. The third-order valence-corrected chi connectivity index (χ3v) is 4.38. The molecule has 2 rings (SSSR count). The van der Waals surface area contributed by atoms with Gasteiger partial charge in [-0.05, 0) is 12.1 Å². The van der Waals surface area contributed by atoms with Gasteiger partial charge in [0.15, 0.2) is 5.82 Å². The number of amides is 1. The third kappa shape index (κ3) is 4.24. The zero-order chi connectivity index (χ0) is 13.8. The van der Waals surface area contributed by atoms with Crippen LogP contribution in [-0.2, 0) is 4.79 Å². The molecule has 0 spiro atoms. The van der Waals surface area contributed by atoms with Crippen LogP contribution in [0.3, 0.4) is 0 Å². The van der Waals surface area contributed by atoms with Crippen molar-refractivity contribution in [1.29, 1.82) is 0 Å². The number of carbonyl (C=O) groups excluding carboxylic acids is 1. The van der Waals surface area contributed by atoms with E-state index in [-0.39, 0.29) is 22.0 Å². The van der Waals surface area contributed by atoms with E-state index in [2.05, 4.69) is 10.6 Å². The molecule has 1 unspecified atom stereocenters. The predicted octanol–water partition coefficient (Wildman–Crippen LogP) is 3.17. The van der Waals surface area contributed by atoms with Crippen LogP contribution in [-0.4, -0.2) is 30.0 Å². The Kier molecular flexibility index (Phi) is 5.33. The first kappa shape index (κ1) is 14.9. The van der Waals surface area contributed by atoms with Crippen LogP contribution in [0.5, 0.6) is 0 Å². The minimum absolute atomic E-state index is 0.103. The molecule has 1 atom stereocenters. The Bertz CT molecular complexity index is 458. The van der Waals surface area contributed by atoms with E-state index in [4.69, 9.17) is 23.2 Å². The largest absolute Gasteiger partial charge is 0.326 e. The van der Waals surface area contributed by atoms with Gasteiger partial charge in [-0.25, -0.2) is 4.39 Å². The summed E-state index contributed by atoms with van der Waals surface area (Å²) >= 11 is 13.2. The molecule has 7 heteroatoms. The van der Waals surface area contributed by atoms with Crippen molar-refractivity contribution in [2.45, 2.75) is 12.5 Å². The molecule has 1 aromatic rings. The van der Waals surface area contributed by atoms with E-state index in [1.165, 1.54) is 12.1 Å². The van der Waals surface area contributed by atoms with Gasteiger partial charge in [0.25, 0.3) is 0 Å². The number of hydrogen-bond acceptors (Lipinski definition) is 3. The van der Waals surface area contributed by atoms with Crippen LogP contribution < -0.4 is 10.6 Å². The molecule has 104 valence electrons. The van der Waals surface area contributed by atoms with Gasteiger partial charge in [0.1, 0.15) is 0 Å². The molecule has 1 amide bonds. The summed E-state index contributed by atoms with van der Waals surface area (Å²) in [7, 11) is 0. The number of thioether (sulfide) groups is 1. The highest BCUT2D eigenvalue weighted by Crippen LogP contribution is 2.27. The highest BCUT2D eigenvalue weighted by molar-refractivity contribution is 7.99. The number of benzene rings is 1. The molecular weight excluding hydrogens is 310 g/mol. The van der Waals surface area contributed by atoms with Gasteiger partial charge in [0.05, 0.1) is 10.0 Å². The quantitative estimate of drug-likeness (QED) is 0.840. The highest BCUT2D eigenvalue weighted by atomic mass is 35.5. The maximum atomic E-state index is 13.2. The van der Waals surface area contributed by atoms with Gasteiger partial charge in [-0.15, -0.1) is 0 Å². The first-order chi connectivity index (χ1) is 9.06. The standard InChI is InChI=1S/C12H13Cl2FN2OS/c13-9-3-7(4-10(14)12(9)15)17-11(18)5-8-6-19-2-1-16-8/h3-4,8,16H,1-2,5-6H2,(H,17,18).